The maximum absolute atomic E-state index is 13.8. The molecule has 39 heavy (non-hydrogen) atoms. The fourth-order valence-corrected chi connectivity index (χ4v) is 5.99. The van der Waals surface area contributed by atoms with Crippen LogP contribution in [0.25, 0.3) is 22.5 Å². The van der Waals surface area contributed by atoms with E-state index in [1.807, 2.05) is 43.1 Å². The summed E-state index contributed by atoms with van der Waals surface area (Å²) in [6.45, 7) is 8.67. The molecule has 0 saturated carbocycles. The number of aromatic amines is 1. The molecule has 4 N–H and O–H groups in total. The van der Waals surface area contributed by atoms with E-state index in [9.17, 15) is 9.59 Å². The summed E-state index contributed by atoms with van der Waals surface area (Å²) >= 11 is 0. The van der Waals surface area contributed by atoms with Gasteiger partial charge in [0.25, 0.3) is 0 Å². The second-order valence-corrected chi connectivity index (χ2v) is 10.9. The van der Waals surface area contributed by atoms with Gasteiger partial charge in [0.15, 0.2) is 5.78 Å². The van der Waals surface area contributed by atoms with E-state index in [2.05, 4.69) is 43.3 Å². The Morgan fingerprint density at radius 1 is 1.08 bits per heavy atom. The topological polar surface area (TPSA) is 115 Å². The van der Waals surface area contributed by atoms with Gasteiger partial charge in [-0.2, -0.15) is 5.10 Å². The zero-order chi connectivity index (χ0) is 27.1. The van der Waals surface area contributed by atoms with Gasteiger partial charge >= 0.3 is 6.03 Å². The summed E-state index contributed by atoms with van der Waals surface area (Å²) in [5.74, 6) is -0.148. The summed E-state index contributed by atoms with van der Waals surface area (Å²) in [5, 5.41) is 15.8. The fraction of sp³-hybridized carbons (Fsp3) is 0.414. The standard InChI is InChI=1S/C29H35N7O3/c1-29(2,39-3)22-8-5-15-36(22)34-28(38)31-21-7-4-6-20-23(21)27(37)24-25(32-33-26(20)24)18-9-11-19(12-10-18)35-16-13-30-14-17-35/h4,6-7,9-12,22,30H,5,8,13-17H2,1-3H3,(H,32,33)(H2,31,34,38)/t22-/m1/s1. The average molecular weight is 530 g/mol. The number of rotatable bonds is 6. The van der Waals surface area contributed by atoms with E-state index in [0.717, 1.165) is 62.4 Å². The maximum Gasteiger partial charge on any atom is 0.333 e. The number of hydrazine groups is 1. The van der Waals surface area contributed by atoms with Crippen molar-refractivity contribution in [1.82, 2.24) is 25.9 Å². The lowest BCUT2D eigenvalue weighted by Gasteiger charge is -2.36. The van der Waals surface area contributed by atoms with E-state index < -0.39 is 5.60 Å². The van der Waals surface area contributed by atoms with E-state index in [1.54, 1.807) is 13.2 Å². The largest absolute Gasteiger partial charge is 0.377 e. The quantitative estimate of drug-likeness (QED) is 0.302. The highest BCUT2D eigenvalue weighted by atomic mass is 16.5. The van der Waals surface area contributed by atoms with Gasteiger partial charge in [-0.15, -0.1) is 0 Å². The van der Waals surface area contributed by atoms with Crippen LogP contribution in [0.5, 0.6) is 0 Å². The average Bonchev–Trinajstić information content (AvgIpc) is 3.67. The second-order valence-electron chi connectivity index (χ2n) is 10.9. The molecular formula is C29H35N7O3. The lowest BCUT2D eigenvalue weighted by molar-refractivity contribution is -0.0485. The minimum absolute atomic E-state index is 0.0581. The van der Waals surface area contributed by atoms with Crippen LogP contribution in [0.15, 0.2) is 42.5 Å². The molecule has 10 nitrogen and oxygen atoms in total. The Hall–Kier alpha value is -3.73. The van der Waals surface area contributed by atoms with Crippen LogP contribution >= 0.6 is 0 Å². The number of nitrogens with zero attached hydrogens (tertiary/aromatic N) is 3. The number of H-pyrrole nitrogens is 1. The van der Waals surface area contributed by atoms with Crippen LogP contribution in [0.1, 0.15) is 42.6 Å². The number of carbonyl (C=O) groups is 2. The zero-order valence-corrected chi connectivity index (χ0v) is 22.6. The Labute approximate surface area is 228 Å². The molecule has 6 rings (SSSR count). The van der Waals surface area contributed by atoms with Crippen LogP contribution in [0.4, 0.5) is 16.2 Å². The predicted octanol–water partition coefficient (Wildman–Crippen LogP) is 3.62. The monoisotopic (exact) mass is 529 g/mol. The van der Waals surface area contributed by atoms with Crippen molar-refractivity contribution in [2.24, 2.45) is 0 Å². The molecular weight excluding hydrogens is 494 g/mol. The molecule has 0 unspecified atom stereocenters. The number of ketones is 1. The van der Waals surface area contributed by atoms with Crippen molar-refractivity contribution in [3.63, 3.8) is 0 Å². The van der Waals surface area contributed by atoms with Crippen molar-refractivity contribution >= 4 is 23.2 Å². The molecule has 2 aromatic carbocycles. The fourth-order valence-electron chi connectivity index (χ4n) is 5.99. The molecule has 204 valence electrons. The number of ether oxygens (including phenoxy) is 1. The van der Waals surface area contributed by atoms with E-state index in [-0.39, 0.29) is 17.9 Å². The lowest BCUT2D eigenvalue weighted by Crippen LogP contribution is -2.54. The van der Waals surface area contributed by atoms with Crippen LogP contribution < -0.4 is 21.0 Å². The number of hydrogen-bond acceptors (Lipinski definition) is 7. The number of fused-ring (bicyclic) bond motifs is 3. The number of methoxy groups -OCH3 is 1. The molecule has 0 spiro atoms. The predicted molar refractivity (Wildman–Crippen MR) is 151 cm³/mol. The van der Waals surface area contributed by atoms with E-state index in [1.165, 1.54) is 0 Å². The first-order valence-corrected chi connectivity index (χ1v) is 13.6. The number of piperazine rings is 1. The van der Waals surface area contributed by atoms with Gasteiger partial charge in [0, 0.05) is 56.6 Å². The molecule has 1 aliphatic carbocycles. The minimum Gasteiger partial charge on any atom is -0.377 e. The molecule has 0 radical (unpaired) electrons. The molecule has 2 amide bonds. The third-order valence-corrected chi connectivity index (χ3v) is 8.25. The Morgan fingerprint density at radius 3 is 2.59 bits per heavy atom. The minimum atomic E-state index is -0.400. The van der Waals surface area contributed by atoms with Crippen LogP contribution in [0.2, 0.25) is 0 Å². The summed E-state index contributed by atoms with van der Waals surface area (Å²) in [4.78, 5) is 29.2. The van der Waals surface area contributed by atoms with Crippen LogP contribution in [-0.2, 0) is 4.74 Å². The van der Waals surface area contributed by atoms with E-state index in [0.29, 0.717) is 28.2 Å². The normalized spacial score (nSPS) is 19.2. The molecule has 1 aromatic heterocycles. The van der Waals surface area contributed by atoms with Gasteiger partial charge in [-0.1, -0.05) is 24.3 Å². The smallest absolute Gasteiger partial charge is 0.333 e. The second kappa shape index (κ2) is 10.1. The number of hydrogen-bond donors (Lipinski definition) is 4. The Bertz CT molecular complexity index is 1390. The number of amides is 2. The van der Waals surface area contributed by atoms with Gasteiger partial charge in [-0.3, -0.25) is 15.3 Å². The van der Waals surface area contributed by atoms with Gasteiger partial charge in [-0.25, -0.2) is 9.80 Å². The Balaban J connectivity index is 1.21. The molecule has 2 fully saturated rings. The number of benzene rings is 2. The maximum atomic E-state index is 13.8. The number of anilines is 2. The third-order valence-electron chi connectivity index (χ3n) is 8.25. The highest BCUT2D eigenvalue weighted by molar-refractivity contribution is 6.26. The SMILES string of the molecule is COC(C)(C)[C@H]1CCCN1NC(=O)Nc1cccc2c1C(=O)c1c(-c3ccc(N4CCNCC4)cc3)n[nH]c1-2. The summed E-state index contributed by atoms with van der Waals surface area (Å²) < 4.78 is 5.67. The highest BCUT2D eigenvalue weighted by Crippen LogP contribution is 2.43. The van der Waals surface area contributed by atoms with Crippen molar-refractivity contribution in [3.8, 4) is 22.5 Å². The summed E-state index contributed by atoms with van der Waals surface area (Å²) in [6, 6.07) is 13.4. The number of aromatic nitrogens is 2. The van der Waals surface area contributed by atoms with Crippen molar-refractivity contribution in [2.75, 3.05) is 50.1 Å². The molecule has 2 saturated heterocycles. The Morgan fingerprint density at radius 2 is 1.85 bits per heavy atom. The number of nitrogens with one attached hydrogen (secondary N) is 4. The van der Waals surface area contributed by atoms with Crippen LogP contribution in [-0.4, -0.2) is 78.5 Å². The first-order valence-electron chi connectivity index (χ1n) is 13.6. The zero-order valence-electron chi connectivity index (χ0n) is 22.6. The van der Waals surface area contributed by atoms with Gasteiger partial charge < -0.3 is 20.3 Å². The van der Waals surface area contributed by atoms with Gasteiger partial charge in [0.05, 0.1) is 34.2 Å². The van der Waals surface area contributed by atoms with Gasteiger partial charge in [0.1, 0.15) is 5.69 Å². The summed E-state index contributed by atoms with van der Waals surface area (Å²) in [5.41, 5.74) is 8.14. The number of carbonyl (C=O) groups excluding carboxylic acids is 2. The highest BCUT2D eigenvalue weighted by Gasteiger charge is 2.39. The molecule has 2 aliphatic heterocycles. The molecule has 3 heterocycles. The van der Waals surface area contributed by atoms with Gasteiger partial charge in [0.2, 0.25) is 0 Å². The summed E-state index contributed by atoms with van der Waals surface area (Å²) in [6.07, 6.45) is 1.90. The van der Waals surface area contributed by atoms with Crippen molar-refractivity contribution in [2.45, 2.75) is 38.3 Å². The van der Waals surface area contributed by atoms with Crippen molar-refractivity contribution in [1.29, 1.82) is 0 Å². The van der Waals surface area contributed by atoms with Crippen molar-refractivity contribution < 1.29 is 14.3 Å². The molecule has 3 aromatic rings. The molecule has 3 aliphatic rings. The molecule has 10 heteroatoms. The molecule has 1 atom stereocenters. The van der Waals surface area contributed by atoms with Crippen LogP contribution in [0.3, 0.4) is 0 Å². The Kier molecular flexibility index (Phi) is 6.62. The summed E-state index contributed by atoms with van der Waals surface area (Å²) in [7, 11) is 1.69. The van der Waals surface area contributed by atoms with Gasteiger partial charge in [-0.05, 0) is 44.9 Å². The first kappa shape index (κ1) is 25.5. The van der Waals surface area contributed by atoms with Crippen LogP contribution in [0, 0.1) is 0 Å². The lowest BCUT2D eigenvalue weighted by atomic mass is 9.97. The first-order chi connectivity index (χ1) is 18.9. The van der Waals surface area contributed by atoms with Crippen molar-refractivity contribution in [3.05, 3.63) is 53.6 Å². The van der Waals surface area contributed by atoms with E-state index in [4.69, 9.17) is 4.74 Å². The van der Waals surface area contributed by atoms with E-state index >= 15 is 0 Å². The number of urea groups is 1. The third kappa shape index (κ3) is 4.58. The molecule has 0 bridgehead atoms.